The summed E-state index contributed by atoms with van der Waals surface area (Å²) in [5.41, 5.74) is 2.41. The molecule has 2 aliphatic heterocycles. The van der Waals surface area contributed by atoms with E-state index in [1.54, 1.807) is 0 Å². The number of aliphatic hydroxyl groups excluding tert-OH is 1. The first kappa shape index (κ1) is 9.85. The van der Waals surface area contributed by atoms with Crippen molar-refractivity contribution in [2.75, 3.05) is 6.54 Å². The van der Waals surface area contributed by atoms with E-state index in [4.69, 9.17) is 0 Å². The maximum absolute atomic E-state index is 11.8. The van der Waals surface area contributed by atoms with Crippen molar-refractivity contribution in [1.29, 1.82) is 0 Å². The highest BCUT2D eigenvalue weighted by atomic mass is 16.3. The zero-order valence-electron chi connectivity index (χ0n) is 9.10. The Kier molecular flexibility index (Phi) is 2.21. The second-order valence-electron chi connectivity index (χ2n) is 4.59. The predicted molar refractivity (Wildman–Crippen MR) is 59.8 cm³/mol. The summed E-state index contributed by atoms with van der Waals surface area (Å²) in [6.45, 7) is 0.748. The smallest absolute Gasteiger partial charge is 0.223 e. The maximum atomic E-state index is 11.8. The largest absolute Gasteiger partial charge is 0.391 e. The van der Waals surface area contributed by atoms with E-state index < -0.39 is 6.10 Å². The van der Waals surface area contributed by atoms with Gasteiger partial charge in [0.25, 0.3) is 0 Å². The number of fused-ring (bicyclic) bond motifs is 3. The van der Waals surface area contributed by atoms with Crippen molar-refractivity contribution >= 4 is 5.91 Å². The molecule has 0 spiro atoms. The highest BCUT2D eigenvalue weighted by molar-refractivity contribution is 5.78. The molecule has 3 nitrogen and oxygen atoms in total. The topological polar surface area (TPSA) is 40.5 Å². The van der Waals surface area contributed by atoms with Gasteiger partial charge >= 0.3 is 0 Å². The Morgan fingerprint density at radius 3 is 2.94 bits per heavy atom. The number of rotatable bonds is 0. The summed E-state index contributed by atoms with van der Waals surface area (Å²) in [7, 11) is 0. The summed E-state index contributed by atoms with van der Waals surface area (Å²) < 4.78 is 0. The molecule has 1 saturated heterocycles. The monoisotopic (exact) mass is 217 g/mol. The second kappa shape index (κ2) is 3.59. The Morgan fingerprint density at radius 1 is 1.25 bits per heavy atom. The van der Waals surface area contributed by atoms with Gasteiger partial charge in [-0.25, -0.2) is 0 Å². The minimum atomic E-state index is -0.404. The van der Waals surface area contributed by atoms with E-state index in [1.807, 2.05) is 23.1 Å². The number of carbonyl (C=O) groups excluding carboxylic acids is 1. The van der Waals surface area contributed by atoms with Crippen LogP contribution in [0.2, 0.25) is 0 Å². The number of piperidine rings is 1. The molecule has 1 aromatic carbocycles. The minimum absolute atomic E-state index is 0.105. The lowest BCUT2D eigenvalue weighted by atomic mass is 9.85. The van der Waals surface area contributed by atoms with Crippen molar-refractivity contribution in [2.24, 2.45) is 0 Å². The summed E-state index contributed by atoms with van der Waals surface area (Å²) in [4.78, 5) is 13.6. The first-order valence-electron chi connectivity index (χ1n) is 5.83. The molecule has 0 aliphatic carbocycles. The molecular weight excluding hydrogens is 202 g/mol. The fourth-order valence-electron chi connectivity index (χ4n) is 2.87. The normalized spacial score (nSPS) is 28.6. The number of benzene rings is 1. The molecule has 0 bridgehead atoms. The molecule has 0 radical (unpaired) electrons. The molecule has 0 unspecified atom stereocenters. The average molecular weight is 217 g/mol. The zero-order valence-corrected chi connectivity index (χ0v) is 9.10. The Labute approximate surface area is 94.7 Å². The third kappa shape index (κ3) is 1.35. The molecule has 1 N–H and O–H groups in total. The molecule has 3 heteroatoms. The molecule has 1 fully saturated rings. The van der Waals surface area contributed by atoms with Crippen LogP contribution in [0, 0.1) is 0 Å². The first-order valence-corrected chi connectivity index (χ1v) is 5.83. The van der Waals surface area contributed by atoms with Gasteiger partial charge in [-0.05, 0) is 24.0 Å². The Morgan fingerprint density at radius 2 is 2.06 bits per heavy atom. The van der Waals surface area contributed by atoms with Crippen LogP contribution in [0.25, 0.3) is 0 Å². The highest BCUT2D eigenvalue weighted by Crippen LogP contribution is 2.37. The third-order valence-electron chi connectivity index (χ3n) is 3.67. The van der Waals surface area contributed by atoms with Crippen LogP contribution < -0.4 is 0 Å². The van der Waals surface area contributed by atoms with E-state index in [0.29, 0.717) is 12.8 Å². The number of amides is 1. The molecule has 0 saturated carbocycles. The van der Waals surface area contributed by atoms with Crippen molar-refractivity contribution in [1.82, 2.24) is 4.90 Å². The van der Waals surface area contributed by atoms with Crippen LogP contribution in [-0.2, 0) is 11.2 Å². The van der Waals surface area contributed by atoms with E-state index in [0.717, 1.165) is 18.5 Å². The van der Waals surface area contributed by atoms with Crippen LogP contribution in [0.15, 0.2) is 24.3 Å². The molecule has 2 heterocycles. The lowest BCUT2D eigenvalue weighted by Crippen LogP contribution is -2.48. The van der Waals surface area contributed by atoms with Crippen LogP contribution in [0.1, 0.15) is 30.0 Å². The Hall–Kier alpha value is -1.35. The van der Waals surface area contributed by atoms with E-state index >= 15 is 0 Å². The van der Waals surface area contributed by atoms with Gasteiger partial charge in [-0.2, -0.15) is 0 Å². The number of hydrogen-bond acceptors (Lipinski definition) is 2. The van der Waals surface area contributed by atoms with Gasteiger partial charge in [0.05, 0.1) is 12.1 Å². The van der Waals surface area contributed by atoms with Gasteiger partial charge in [0, 0.05) is 13.0 Å². The van der Waals surface area contributed by atoms with Crippen molar-refractivity contribution in [3.63, 3.8) is 0 Å². The second-order valence-corrected chi connectivity index (χ2v) is 4.59. The fourth-order valence-corrected chi connectivity index (χ4v) is 2.87. The maximum Gasteiger partial charge on any atom is 0.223 e. The molecule has 2 aliphatic rings. The summed E-state index contributed by atoms with van der Waals surface area (Å²) in [5.74, 6) is 0.185. The van der Waals surface area contributed by atoms with Gasteiger partial charge < -0.3 is 10.0 Å². The van der Waals surface area contributed by atoms with Crippen molar-refractivity contribution in [2.45, 2.75) is 31.4 Å². The quantitative estimate of drug-likeness (QED) is 0.711. The molecular formula is C13H15NO2. The molecule has 16 heavy (non-hydrogen) atoms. The number of aliphatic hydroxyl groups is 1. The van der Waals surface area contributed by atoms with Crippen LogP contribution in [-0.4, -0.2) is 28.6 Å². The molecule has 1 aromatic rings. The molecule has 84 valence electrons. The van der Waals surface area contributed by atoms with Gasteiger partial charge in [0.2, 0.25) is 5.91 Å². The summed E-state index contributed by atoms with van der Waals surface area (Å²) >= 11 is 0. The predicted octanol–water partition coefficient (Wildman–Crippen LogP) is 1.27. The Balaban J connectivity index is 2.06. The number of hydrogen-bond donors (Lipinski definition) is 1. The van der Waals surface area contributed by atoms with Crippen LogP contribution in [0.5, 0.6) is 0 Å². The lowest BCUT2D eigenvalue weighted by molar-refractivity contribution is -0.143. The summed E-state index contributed by atoms with van der Waals surface area (Å²) in [6, 6.07) is 8.03. The van der Waals surface area contributed by atoms with Crippen LogP contribution in [0.4, 0.5) is 0 Å². The van der Waals surface area contributed by atoms with Crippen LogP contribution in [0.3, 0.4) is 0 Å². The molecule has 3 rings (SSSR count). The highest BCUT2D eigenvalue weighted by Gasteiger charge is 2.38. The molecule has 0 aromatic heterocycles. The van der Waals surface area contributed by atoms with Gasteiger partial charge in [-0.3, -0.25) is 4.79 Å². The van der Waals surface area contributed by atoms with Crippen molar-refractivity contribution in [3.8, 4) is 0 Å². The van der Waals surface area contributed by atoms with Gasteiger partial charge in [-0.15, -0.1) is 0 Å². The standard InChI is InChI=1S/C13H15NO2/c15-11-5-6-12(16)14-8-7-9-3-1-2-4-10(9)13(11)14/h1-4,11,13,15H,5-8H2/t11-,13-/m1/s1. The van der Waals surface area contributed by atoms with Gasteiger partial charge in [-0.1, -0.05) is 24.3 Å². The van der Waals surface area contributed by atoms with Gasteiger partial charge in [0.15, 0.2) is 0 Å². The average Bonchev–Trinajstić information content (AvgIpc) is 2.33. The van der Waals surface area contributed by atoms with Crippen molar-refractivity contribution in [3.05, 3.63) is 35.4 Å². The zero-order chi connectivity index (χ0) is 11.1. The summed E-state index contributed by atoms with van der Waals surface area (Å²) in [5, 5.41) is 10.1. The SMILES string of the molecule is O=C1CC[C@@H](O)[C@H]2c3ccccc3CCN12. The third-order valence-corrected chi connectivity index (χ3v) is 3.67. The minimum Gasteiger partial charge on any atom is -0.391 e. The van der Waals surface area contributed by atoms with Gasteiger partial charge in [0.1, 0.15) is 0 Å². The summed E-state index contributed by atoms with van der Waals surface area (Å²) in [6.07, 6.45) is 1.58. The number of nitrogens with zero attached hydrogens (tertiary/aromatic N) is 1. The fraction of sp³-hybridized carbons (Fsp3) is 0.462. The van der Waals surface area contributed by atoms with Crippen molar-refractivity contribution < 1.29 is 9.90 Å². The molecule has 2 atom stereocenters. The lowest BCUT2D eigenvalue weighted by Gasteiger charge is -2.43. The number of carbonyl (C=O) groups is 1. The van der Waals surface area contributed by atoms with Crippen LogP contribution >= 0.6 is 0 Å². The molecule has 1 amide bonds. The van der Waals surface area contributed by atoms with E-state index in [-0.39, 0.29) is 11.9 Å². The van der Waals surface area contributed by atoms with E-state index in [9.17, 15) is 9.90 Å². The first-order chi connectivity index (χ1) is 7.77. The Bertz CT molecular complexity index is 430. The van der Waals surface area contributed by atoms with E-state index in [2.05, 4.69) is 6.07 Å². The van der Waals surface area contributed by atoms with E-state index in [1.165, 1.54) is 5.56 Å².